The minimum Gasteiger partial charge on any atom is -0.360 e. The van der Waals surface area contributed by atoms with Gasteiger partial charge in [0.15, 0.2) is 0 Å². The van der Waals surface area contributed by atoms with Gasteiger partial charge >= 0.3 is 0 Å². The Labute approximate surface area is 212 Å². The third-order valence-electron chi connectivity index (χ3n) is 7.34. The van der Waals surface area contributed by atoms with Gasteiger partial charge < -0.3 is 15.2 Å². The normalized spacial score (nSPS) is 14.9. The quantitative estimate of drug-likeness (QED) is 0.305. The molecule has 1 aliphatic rings. The minimum absolute atomic E-state index is 0.0690. The van der Waals surface area contributed by atoms with E-state index in [2.05, 4.69) is 46.5 Å². The van der Waals surface area contributed by atoms with Gasteiger partial charge in [0.1, 0.15) is 0 Å². The van der Waals surface area contributed by atoms with Crippen molar-refractivity contribution < 1.29 is 4.79 Å². The molecule has 5 rings (SSSR count). The van der Waals surface area contributed by atoms with Crippen LogP contribution in [0.4, 0.5) is 5.69 Å². The number of aryl methyl sites for hydroxylation is 2. The van der Waals surface area contributed by atoms with Crippen LogP contribution in [-0.4, -0.2) is 35.4 Å². The Bertz CT molecular complexity index is 1330. The second-order valence-corrected chi connectivity index (χ2v) is 10.1. The van der Waals surface area contributed by atoms with E-state index in [1.165, 1.54) is 22.1 Å². The molecule has 1 aliphatic heterocycles. The van der Waals surface area contributed by atoms with Crippen LogP contribution in [0.5, 0.6) is 0 Å². The predicted octanol–water partition coefficient (Wildman–Crippen LogP) is 7.11. The zero-order valence-electron chi connectivity index (χ0n) is 20.4. The molecule has 0 radical (unpaired) electrons. The van der Waals surface area contributed by atoms with Crippen LogP contribution in [0.2, 0.25) is 5.02 Å². The van der Waals surface area contributed by atoms with Gasteiger partial charge in [-0.25, -0.2) is 0 Å². The molecule has 1 aromatic heterocycles. The fraction of sp³-hybridized carbons (Fsp3) is 0.300. The smallest absolute Gasteiger partial charge is 0.255 e. The van der Waals surface area contributed by atoms with Gasteiger partial charge in [-0.05, 0) is 99.1 Å². The van der Waals surface area contributed by atoms with E-state index in [1.807, 2.05) is 49.4 Å². The molecule has 2 heterocycles. The molecule has 1 saturated heterocycles. The summed E-state index contributed by atoms with van der Waals surface area (Å²) in [5.74, 6) is 0.501. The number of piperidine rings is 1. The number of aromatic nitrogens is 1. The topological polar surface area (TPSA) is 48.1 Å². The molecule has 2 N–H and O–H groups in total. The van der Waals surface area contributed by atoms with E-state index in [0.29, 0.717) is 11.5 Å². The molecule has 1 fully saturated rings. The lowest BCUT2D eigenvalue weighted by Gasteiger charge is -2.32. The Morgan fingerprint density at radius 1 is 1.06 bits per heavy atom. The summed E-state index contributed by atoms with van der Waals surface area (Å²) >= 11 is 6.36. The molecule has 0 spiro atoms. The Morgan fingerprint density at radius 3 is 2.60 bits per heavy atom. The van der Waals surface area contributed by atoms with Crippen molar-refractivity contribution >= 4 is 34.1 Å². The van der Waals surface area contributed by atoms with Crippen molar-refractivity contribution in [3.05, 3.63) is 99.7 Å². The average molecular weight is 486 g/mol. The van der Waals surface area contributed by atoms with E-state index in [-0.39, 0.29) is 5.91 Å². The number of hydrogen-bond acceptors (Lipinski definition) is 2. The third kappa shape index (κ3) is 5.29. The van der Waals surface area contributed by atoms with E-state index in [9.17, 15) is 4.79 Å². The first-order valence-electron chi connectivity index (χ1n) is 12.4. The van der Waals surface area contributed by atoms with Gasteiger partial charge in [0.2, 0.25) is 0 Å². The van der Waals surface area contributed by atoms with Crippen LogP contribution < -0.4 is 5.32 Å². The molecule has 3 aromatic carbocycles. The monoisotopic (exact) mass is 485 g/mol. The number of halogens is 1. The summed E-state index contributed by atoms with van der Waals surface area (Å²) < 4.78 is 0. The van der Waals surface area contributed by atoms with Crippen LogP contribution in [-0.2, 0) is 6.42 Å². The number of nitrogens with zero attached hydrogens (tertiary/aromatic N) is 1. The maximum Gasteiger partial charge on any atom is 0.255 e. The molecule has 0 saturated carbocycles. The molecule has 0 bridgehead atoms. The van der Waals surface area contributed by atoms with E-state index in [1.54, 1.807) is 0 Å². The van der Waals surface area contributed by atoms with Crippen molar-refractivity contribution in [1.29, 1.82) is 0 Å². The van der Waals surface area contributed by atoms with E-state index in [4.69, 9.17) is 11.6 Å². The Hall–Kier alpha value is -3.08. The van der Waals surface area contributed by atoms with Crippen LogP contribution in [0.25, 0.3) is 10.9 Å². The second-order valence-electron chi connectivity index (χ2n) is 9.73. The fourth-order valence-corrected chi connectivity index (χ4v) is 5.38. The van der Waals surface area contributed by atoms with E-state index in [0.717, 1.165) is 60.7 Å². The molecule has 5 heteroatoms. The maximum absolute atomic E-state index is 12.6. The SMILES string of the molecule is Cc1ccc(C(=O)Nc2ccc(C)c(CCN3CCC(c4c[nH]c5c(Cl)cccc45)CC3)c2)cc1. The molecule has 4 aromatic rings. The number of rotatable bonds is 6. The summed E-state index contributed by atoms with van der Waals surface area (Å²) in [7, 11) is 0. The first kappa shape index (κ1) is 23.7. The van der Waals surface area contributed by atoms with Gasteiger partial charge in [-0.15, -0.1) is 0 Å². The molecule has 0 aliphatic carbocycles. The van der Waals surface area contributed by atoms with Crippen molar-refractivity contribution in [2.75, 3.05) is 25.0 Å². The van der Waals surface area contributed by atoms with Gasteiger partial charge in [-0.3, -0.25) is 4.79 Å². The van der Waals surface area contributed by atoms with Gasteiger partial charge in [0.25, 0.3) is 5.91 Å². The van der Waals surface area contributed by atoms with Crippen molar-refractivity contribution in [3.8, 4) is 0 Å². The molecular formula is C30H32ClN3O. The second kappa shape index (κ2) is 10.3. The number of anilines is 1. The fourth-order valence-electron chi connectivity index (χ4n) is 5.15. The number of benzene rings is 3. The lowest BCUT2D eigenvalue weighted by molar-refractivity contribution is 0.102. The van der Waals surface area contributed by atoms with E-state index >= 15 is 0 Å². The first-order chi connectivity index (χ1) is 17.0. The standard InChI is InChI=1S/C30H32ClN3O/c1-20-6-9-23(10-7-20)30(35)33-25-11-8-21(2)24(18-25)14-17-34-15-12-22(13-16-34)27-19-32-29-26(27)4-3-5-28(29)31/h3-11,18-19,22,32H,12-17H2,1-2H3,(H,33,35). The number of amides is 1. The number of hydrogen-bond donors (Lipinski definition) is 2. The molecule has 35 heavy (non-hydrogen) atoms. The van der Waals surface area contributed by atoms with Crippen LogP contribution in [0.3, 0.4) is 0 Å². The third-order valence-corrected chi connectivity index (χ3v) is 7.66. The van der Waals surface area contributed by atoms with Crippen molar-refractivity contribution in [1.82, 2.24) is 9.88 Å². The molecule has 180 valence electrons. The number of carbonyl (C=O) groups is 1. The van der Waals surface area contributed by atoms with Crippen molar-refractivity contribution in [2.45, 2.75) is 39.0 Å². The molecular weight excluding hydrogens is 454 g/mol. The predicted molar refractivity (Wildman–Crippen MR) is 146 cm³/mol. The molecule has 4 nitrogen and oxygen atoms in total. The number of aromatic amines is 1. The van der Waals surface area contributed by atoms with Gasteiger partial charge in [0.05, 0.1) is 10.5 Å². The number of H-pyrrole nitrogens is 1. The van der Waals surface area contributed by atoms with Crippen LogP contribution in [0, 0.1) is 13.8 Å². The molecule has 0 atom stereocenters. The van der Waals surface area contributed by atoms with Crippen LogP contribution in [0.1, 0.15) is 51.4 Å². The summed E-state index contributed by atoms with van der Waals surface area (Å²) in [5, 5.41) is 5.11. The first-order valence-corrected chi connectivity index (χ1v) is 12.8. The average Bonchev–Trinajstić information content (AvgIpc) is 3.30. The summed E-state index contributed by atoms with van der Waals surface area (Å²) in [6.07, 6.45) is 5.44. The summed E-state index contributed by atoms with van der Waals surface area (Å²) in [6.45, 7) is 7.40. The van der Waals surface area contributed by atoms with E-state index < -0.39 is 0 Å². The summed E-state index contributed by atoms with van der Waals surface area (Å²) in [6, 6.07) is 20.0. The minimum atomic E-state index is -0.0690. The zero-order chi connectivity index (χ0) is 24.4. The Kier molecular flexibility index (Phi) is 6.94. The zero-order valence-corrected chi connectivity index (χ0v) is 21.2. The molecule has 0 unspecified atom stereocenters. The van der Waals surface area contributed by atoms with Crippen LogP contribution in [0.15, 0.2) is 66.9 Å². The van der Waals surface area contributed by atoms with Gasteiger partial charge in [0, 0.05) is 29.4 Å². The van der Waals surface area contributed by atoms with Crippen molar-refractivity contribution in [3.63, 3.8) is 0 Å². The van der Waals surface area contributed by atoms with Gasteiger partial charge in [-0.2, -0.15) is 0 Å². The Morgan fingerprint density at radius 2 is 1.83 bits per heavy atom. The number of likely N-dealkylation sites (tertiary alicyclic amines) is 1. The summed E-state index contributed by atoms with van der Waals surface area (Å²) in [4.78, 5) is 18.6. The highest BCUT2D eigenvalue weighted by Crippen LogP contribution is 2.35. The number of carbonyl (C=O) groups excluding carboxylic acids is 1. The highest BCUT2D eigenvalue weighted by Gasteiger charge is 2.23. The highest BCUT2D eigenvalue weighted by molar-refractivity contribution is 6.35. The Balaban J connectivity index is 1.17. The van der Waals surface area contributed by atoms with Crippen LogP contribution >= 0.6 is 11.6 Å². The lowest BCUT2D eigenvalue weighted by Crippen LogP contribution is -2.34. The lowest BCUT2D eigenvalue weighted by atomic mass is 9.89. The van der Waals surface area contributed by atoms with Gasteiger partial charge in [-0.1, -0.05) is 47.5 Å². The summed E-state index contributed by atoms with van der Waals surface area (Å²) in [5.41, 5.74) is 7.69. The number of para-hydroxylation sites is 1. The largest absolute Gasteiger partial charge is 0.360 e. The maximum atomic E-state index is 12.6. The number of nitrogens with one attached hydrogen (secondary N) is 2. The van der Waals surface area contributed by atoms with Crippen molar-refractivity contribution in [2.24, 2.45) is 0 Å². The molecule has 1 amide bonds. The highest BCUT2D eigenvalue weighted by atomic mass is 35.5. The number of fused-ring (bicyclic) bond motifs is 1.